The number of unbranched alkanes of at least 4 members (excludes halogenated alkanes) is 1. The first-order valence-electron chi connectivity index (χ1n) is 6.51. The third-order valence-electron chi connectivity index (χ3n) is 3.70. The second-order valence-electron chi connectivity index (χ2n) is 5.54. The van der Waals surface area contributed by atoms with E-state index in [1.165, 1.54) is 42.5 Å². The molecule has 88 valence electrons. The molecule has 16 heavy (non-hydrogen) atoms. The van der Waals surface area contributed by atoms with Crippen LogP contribution in [0.15, 0.2) is 18.2 Å². The number of anilines is 1. The van der Waals surface area contributed by atoms with Crippen LogP contribution >= 0.6 is 0 Å². The second kappa shape index (κ2) is 4.48. The smallest absolute Gasteiger partial charge is 0.0378 e. The molecule has 0 aliphatic carbocycles. The average Bonchev–Trinajstić information content (AvgIpc) is 2.26. The fourth-order valence-electron chi connectivity index (χ4n) is 2.49. The molecule has 2 rings (SSSR count). The summed E-state index contributed by atoms with van der Waals surface area (Å²) in [6, 6.07) is 6.96. The molecule has 0 aromatic heterocycles. The number of aryl methyl sites for hydroxylation is 1. The lowest BCUT2D eigenvalue weighted by molar-refractivity contribution is 0.481. The van der Waals surface area contributed by atoms with Crippen molar-refractivity contribution in [2.45, 2.75) is 51.9 Å². The van der Waals surface area contributed by atoms with E-state index in [9.17, 15) is 0 Å². The van der Waals surface area contributed by atoms with Crippen LogP contribution in [-0.4, -0.2) is 6.54 Å². The highest BCUT2D eigenvalue weighted by molar-refractivity contribution is 5.57. The lowest BCUT2D eigenvalue weighted by atomic mass is 9.77. The normalized spacial score (nSPS) is 17.7. The molecule has 0 radical (unpaired) electrons. The minimum atomic E-state index is 0.336. The maximum absolute atomic E-state index is 3.50. The second-order valence-corrected chi connectivity index (χ2v) is 5.54. The van der Waals surface area contributed by atoms with Crippen LogP contribution in [0.25, 0.3) is 0 Å². The van der Waals surface area contributed by atoms with Gasteiger partial charge in [0.15, 0.2) is 0 Å². The van der Waals surface area contributed by atoms with Crippen molar-refractivity contribution in [3.63, 3.8) is 0 Å². The van der Waals surface area contributed by atoms with Gasteiger partial charge in [0.05, 0.1) is 0 Å². The van der Waals surface area contributed by atoms with E-state index in [4.69, 9.17) is 0 Å². The minimum absolute atomic E-state index is 0.336. The van der Waals surface area contributed by atoms with Crippen molar-refractivity contribution in [1.29, 1.82) is 0 Å². The lowest BCUT2D eigenvalue weighted by Gasteiger charge is -2.33. The van der Waals surface area contributed by atoms with Crippen LogP contribution in [0, 0.1) is 0 Å². The first kappa shape index (κ1) is 11.5. The molecule has 0 saturated heterocycles. The average molecular weight is 217 g/mol. The Morgan fingerprint density at radius 2 is 2.12 bits per heavy atom. The quantitative estimate of drug-likeness (QED) is 0.803. The SMILES string of the molecule is CCCCc1ccc2c(c1)C(C)(C)CCN2. The largest absolute Gasteiger partial charge is 0.385 e. The molecule has 0 spiro atoms. The summed E-state index contributed by atoms with van der Waals surface area (Å²) in [4.78, 5) is 0. The van der Waals surface area contributed by atoms with Gasteiger partial charge >= 0.3 is 0 Å². The van der Waals surface area contributed by atoms with Crippen LogP contribution in [0.5, 0.6) is 0 Å². The molecule has 1 aromatic rings. The number of hydrogen-bond donors (Lipinski definition) is 1. The molecule has 1 heterocycles. The van der Waals surface area contributed by atoms with Crippen molar-refractivity contribution in [2.24, 2.45) is 0 Å². The van der Waals surface area contributed by atoms with E-state index in [1.807, 2.05) is 0 Å². The Kier molecular flexibility index (Phi) is 3.22. The van der Waals surface area contributed by atoms with Gasteiger partial charge in [0.2, 0.25) is 0 Å². The van der Waals surface area contributed by atoms with Gasteiger partial charge in [-0.3, -0.25) is 0 Å². The molecule has 0 amide bonds. The molecule has 1 nitrogen and oxygen atoms in total. The van der Waals surface area contributed by atoms with Gasteiger partial charge in [0.25, 0.3) is 0 Å². The van der Waals surface area contributed by atoms with E-state index in [-0.39, 0.29) is 0 Å². The zero-order chi connectivity index (χ0) is 11.6. The number of hydrogen-bond acceptors (Lipinski definition) is 1. The summed E-state index contributed by atoms with van der Waals surface area (Å²) in [6.45, 7) is 8.07. The molecule has 1 aromatic carbocycles. The van der Waals surface area contributed by atoms with E-state index < -0.39 is 0 Å². The highest BCUT2D eigenvalue weighted by Gasteiger charge is 2.27. The molecule has 0 atom stereocenters. The van der Waals surface area contributed by atoms with Crippen molar-refractivity contribution in [1.82, 2.24) is 0 Å². The van der Waals surface area contributed by atoms with Crippen LogP contribution in [-0.2, 0) is 11.8 Å². The Morgan fingerprint density at radius 1 is 1.31 bits per heavy atom. The third-order valence-corrected chi connectivity index (χ3v) is 3.70. The van der Waals surface area contributed by atoms with Gasteiger partial charge in [-0.2, -0.15) is 0 Å². The Balaban J connectivity index is 2.28. The molecule has 1 heteroatoms. The van der Waals surface area contributed by atoms with E-state index >= 15 is 0 Å². The van der Waals surface area contributed by atoms with Crippen LogP contribution < -0.4 is 5.32 Å². The Hall–Kier alpha value is -0.980. The Labute approximate surface area is 99.3 Å². The Bertz CT molecular complexity index is 366. The van der Waals surface area contributed by atoms with Gasteiger partial charge in [-0.05, 0) is 41.9 Å². The van der Waals surface area contributed by atoms with Crippen molar-refractivity contribution < 1.29 is 0 Å². The van der Waals surface area contributed by atoms with Crippen molar-refractivity contribution >= 4 is 5.69 Å². The van der Waals surface area contributed by atoms with Crippen molar-refractivity contribution in [3.05, 3.63) is 29.3 Å². The van der Waals surface area contributed by atoms with Crippen LogP contribution in [0.4, 0.5) is 5.69 Å². The fourth-order valence-corrected chi connectivity index (χ4v) is 2.49. The van der Waals surface area contributed by atoms with Gasteiger partial charge < -0.3 is 5.32 Å². The van der Waals surface area contributed by atoms with Crippen LogP contribution in [0.2, 0.25) is 0 Å². The highest BCUT2D eigenvalue weighted by Crippen LogP contribution is 2.37. The summed E-state index contributed by atoms with van der Waals surface area (Å²) in [5, 5.41) is 3.50. The number of nitrogens with one attached hydrogen (secondary N) is 1. The van der Waals surface area contributed by atoms with Crippen molar-refractivity contribution in [2.75, 3.05) is 11.9 Å². The molecule has 1 aliphatic rings. The highest BCUT2D eigenvalue weighted by atomic mass is 14.9. The zero-order valence-corrected chi connectivity index (χ0v) is 10.8. The molecule has 0 saturated carbocycles. The monoisotopic (exact) mass is 217 g/mol. The van der Waals surface area contributed by atoms with E-state index in [1.54, 1.807) is 0 Å². The first-order chi connectivity index (χ1) is 7.63. The Morgan fingerprint density at radius 3 is 2.88 bits per heavy atom. The standard InChI is InChI=1S/C15H23N/c1-4-5-6-12-7-8-14-13(11-12)15(2,3)9-10-16-14/h7-8,11,16H,4-6,9-10H2,1-3H3. The molecular formula is C15H23N. The lowest BCUT2D eigenvalue weighted by Crippen LogP contribution is -2.28. The maximum Gasteiger partial charge on any atom is 0.0378 e. The summed E-state index contributed by atoms with van der Waals surface area (Å²) in [5.74, 6) is 0. The first-order valence-corrected chi connectivity index (χ1v) is 6.51. The number of benzene rings is 1. The predicted octanol–water partition coefficient (Wildman–Crippen LogP) is 4.12. The summed E-state index contributed by atoms with van der Waals surface area (Å²) in [5.41, 5.74) is 4.68. The van der Waals surface area contributed by atoms with Gasteiger partial charge in [-0.1, -0.05) is 39.3 Å². The summed E-state index contributed by atoms with van der Waals surface area (Å²) < 4.78 is 0. The van der Waals surface area contributed by atoms with Gasteiger partial charge in [-0.25, -0.2) is 0 Å². The third kappa shape index (κ3) is 2.23. The predicted molar refractivity (Wildman–Crippen MR) is 71.2 cm³/mol. The summed E-state index contributed by atoms with van der Waals surface area (Å²) >= 11 is 0. The summed E-state index contributed by atoms with van der Waals surface area (Å²) in [7, 11) is 0. The zero-order valence-electron chi connectivity index (χ0n) is 10.8. The van der Waals surface area contributed by atoms with Gasteiger partial charge in [-0.15, -0.1) is 0 Å². The van der Waals surface area contributed by atoms with E-state index in [0.717, 1.165) is 6.54 Å². The van der Waals surface area contributed by atoms with E-state index in [0.29, 0.717) is 5.41 Å². The molecule has 0 unspecified atom stereocenters. The molecule has 1 N–H and O–H groups in total. The molecular weight excluding hydrogens is 194 g/mol. The molecule has 0 fully saturated rings. The fraction of sp³-hybridized carbons (Fsp3) is 0.600. The maximum atomic E-state index is 3.50. The van der Waals surface area contributed by atoms with Crippen LogP contribution in [0.1, 0.15) is 51.2 Å². The molecule has 1 aliphatic heterocycles. The number of fused-ring (bicyclic) bond motifs is 1. The number of rotatable bonds is 3. The summed E-state index contributed by atoms with van der Waals surface area (Å²) in [6.07, 6.45) is 5.03. The molecule has 0 bridgehead atoms. The topological polar surface area (TPSA) is 12.0 Å². The van der Waals surface area contributed by atoms with Crippen molar-refractivity contribution in [3.8, 4) is 0 Å². The van der Waals surface area contributed by atoms with Gasteiger partial charge in [0, 0.05) is 12.2 Å². The van der Waals surface area contributed by atoms with E-state index in [2.05, 4.69) is 44.3 Å². The van der Waals surface area contributed by atoms with Gasteiger partial charge in [0.1, 0.15) is 0 Å². The minimum Gasteiger partial charge on any atom is -0.385 e. The van der Waals surface area contributed by atoms with Crippen LogP contribution in [0.3, 0.4) is 0 Å².